The van der Waals surface area contributed by atoms with E-state index in [2.05, 4.69) is 47.2 Å². The van der Waals surface area contributed by atoms with Crippen LogP contribution < -0.4 is 0 Å². The van der Waals surface area contributed by atoms with Gasteiger partial charge in [-0.1, -0.05) is 0 Å². The molecule has 0 bridgehead atoms. The summed E-state index contributed by atoms with van der Waals surface area (Å²) in [4.78, 5) is 2.67. The third-order valence-corrected chi connectivity index (χ3v) is 7.16. The molecule has 0 aromatic heterocycles. The third kappa shape index (κ3) is 16.1. The highest BCUT2D eigenvalue weighted by Crippen LogP contribution is 2.08. The van der Waals surface area contributed by atoms with Gasteiger partial charge in [0, 0.05) is 47.6 Å². The summed E-state index contributed by atoms with van der Waals surface area (Å²) in [6, 6.07) is 0. The number of nitrogens with zero attached hydrogens (tertiary/aromatic N) is 1. The van der Waals surface area contributed by atoms with Gasteiger partial charge in [-0.05, 0) is 37.5 Å². The maximum Gasteiger partial charge on any atom is 0.00727 e. The van der Waals surface area contributed by atoms with Gasteiger partial charge in [0.05, 0.1) is 0 Å². The van der Waals surface area contributed by atoms with Gasteiger partial charge in [-0.25, -0.2) is 0 Å². The Bertz CT molecular complexity index is 169. The second-order valence-electron chi connectivity index (χ2n) is 4.40. The van der Waals surface area contributed by atoms with Crippen LogP contribution in [0, 0.1) is 0 Å². The van der Waals surface area contributed by atoms with E-state index in [-0.39, 0.29) is 0 Å². The Morgan fingerprint density at radius 3 is 1.50 bits per heavy atom. The van der Waals surface area contributed by atoms with E-state index in [1.807, 2.05) is 35.3 Å². The molecule has 0 aliphatic rings. The fourth-order valence-corrected chi connectivity index (χ4v) is 5.52. The lowest BCUT2D eigenvalue weighted by Gasteiger charge is -2.21. The Balaban J connectivity index is 3.64. The minimum atomic E-state index is 1.27. The van der Waals surface area contributed by atoms with Gasteiger partial charge in [-0.2, -0.15) is 58.8 Å². The van der Waals surface area contributed by atoms with Crippen LogP contribution in [0.5, 0.6) is 0 Å². The molecule has 0 aliphatic heterocycles. The van der Waals surface area contributed by atoms with Crippen molar-refractivity contribution in [3.05, 3.63) is 0 Å². The van der Waals surface area contributed by atoms with Crippen LogP contribution in [0.1, 0.15) is 6.42 Å². The molecule has 0 aliphatic carbocycles. The first-order chi connectivity index (χ1) is 9.85. The summed E-state index contributed by atoms with van der Waals surface area (Å²) < 4.78 is 0. The van der Waals surface area contributed by atoms with E-state index in [1.165, 1.54) is 66.3 Å². The van der Waals surface area contributed by atoms with Crippen molar-refractivity contribution in [2.24, 2.45) is 0 Å². The summed E-state index contributed by atoms with van der Waals surface area (Å²) >= 11 is 10.1. The molecule has 0 saturated heterocycles. The molecule has 0 saturated carbocycles. The van der Waals surface area contributed by atoms with Crippen LogP contribution in [0.4, 0.5) is 0 Å². The van der Waals surface area contributed by atoms with E-state index in [4.69, 9.17) is 0 Å². The molecule has 20 heavy (non-hydrogen) atoms. The average molecular weight is 374 g/mol. The van der Waals surface area contributed by atoms with E-state index in [0.717, 1.165) is 0 Å². The Morgan fingerprint density at radius 2 is 1.05 bits per heavy atom. The largest absolute Gasteiger partial charge is 0.302 e. The Hall–Kier alpha value is 1.71. The van der Waals surface area contributed by atoms with Crippen molar-refractivity contribution in [1.82, 2.24) is 4.90 Å². The van der Waals surface area contributed by atoms with Crippen LogP contribution in [0.2, 0.25) is 0 Å². The van der Waals surface area contributed by atoms with Gasteiger partial charge < -0.3 is 4.90 Å². The van der Waals surface area contributed by atoms with Crippen molar-refractivity contribution >= 4 is 58.8 Å². The quantitative estimate of drug-likeness (QED) is 0.370. The molecule has 122 valence electrons. The summed E-state index contributed by atoms with van der Waals surface area (Å²) in [6.45, 7) is 3.83. The van der Waals surface area contributed by atoms with Gasteiger partial charge >= 0.3 is 0 Å². The topological polar surface area (TPSA) is 3.24 Å². The first-order valence-electron chi connectivity index (χ1n) is 7.19. The van der Waals surface area contributed by atoms with Crippen molar-refractivity contribution < 1.29 is 0 Å². The normalized spacial score (nSPS) is 11.4. The summed E-state index contributed by atoms with van der Waals surface area (Å²) in [6.07, 6.45) is 7.94. The Morgan fingerprint density at radius 1 is 0.550 bits per heavy atom. The highest BCUT2D eigenvalue weighted by atomic mass is 32.2. The van der Waals surface area contributed by atoms with Crippen LogP contribution in [0.3, 0.4) is 0 Å². The molecule has 0 heterocycles. The first kappa shape index (κ1) is 21.7. The Kier molecular flexibility index (Phi) is 20.4. The van der Waals surface area contributed by atoms with Crippen LogP contribution in [0.15, 0.2) is 0 Å². The molecule has 1 nitrogen and oxygen atoms in total. The van der Waals surface area contributed by atoms with Crippen molar-refractivity contribution in [3.8, 4) is 0 Å². The molecule has 0 unspecified atom stereocenters. The van der Waals surface area contributed by atoms with Gasteiger partial charge in [0.25, 0.3) is 0 Å². The molecule has 0 aromatic rings. The van der Waals surface area contributed by atoms with Gasteiger partial charge in [0.15, 0.2) is 0 Å². The molecule has 0 atom stereocenters. The van der Waals surface area contributed by atoms with Crippen molar-refractivity contribution in [2.45, 2.75) is 6.42 Å². The SMILES string of the molecule is CSCCCN(CCSCCSC)CCSCCSC. The lowest BCUT2D eigenvalue weighted by atomic mass is 10.4. The molecular weight excluding hydrogens is 342 g/mol. The van der Waals surface area contributed by atoms with Crippen LogP contribution in [0.25, 0.3) is 0 Å². The van der Waals surface area contributed by atoms with Gasteiger partial charge in [-0.3, -0.25) is 0 Å². The first-order valence-corrected chi connectivity index (χ1v) is 13.7. The second kappa shape index (κ2) is 18.8. The molecule has 0 aromatic carbocycles. The van der Waals surface area contributed by atoms with Gasteiger partial charge in [0.2, 0.25) is 0 Å². The predicted octanol–water partition coefficient (Wildman–Crippen LogP) is 4.23. The lowest BCUT2D eigenvalue weighted by Crippen LogP contribution is -2.30. The summed E-state index contributed by atoms with van der Waals surface area (Å²) in [5, 5.41) is 0. The molecule has 0 radical (unpaired) electrons. The number of hydrogen-bond acceptors (Lipinski definition) is 6. The van der Waals surface area contributed by atoms with E-state index in [9.17, 15) is 0 Å². The van der Waals surface area contributed by atoms with Crippen molar-refractivity contribution in [2.75, 3.05) is 78.7 Å². The number of thioether (sulfide) groups is 5. The van der Waals surface area contributed by atoms with Crippen LogP contribution in [-0.2, 0) is 0 Å². The highest BCUT2D eigenvalue weighted by molar-refractivity contribution is 8.03. The summed E-state index contributed by atoms with van der Waals surface area (Å²) in [5.41, 5.74) is 0. The van der Waals surface area contributed by atoms with Gasteiger partial charge in [-0.15, -0.1) is 0 Å². The molecular formula is C14H31NS5. The van der Waals surface area contributed by atoms with E-state index < -0.39 is 0 Å². The van der Waals surface area contributed by atoms with Crippen LogP contribution in [-0.4, -0.2) is 83.6 Å². The standard InChI is InChI=1S/C14H31NS5/c1-16-8-4-5-15(6-9-19-13-11-17-2)7-10-20-14-12-18-3/h4-14H2,1-3H3. The lowest BCUT2D eigenvalue weighted by molar-refractivity contribution is 0.311. The average Bonchev–Trinajstić information content (AvgIpc) is 2.46. The molecule has 6 heteroatoms. The zero-order chi connectivity index (χ0) is 14.9. The minimum Gasteiger partial charge on any atom is -0.302 e. The molecule has 0 rings (SSSR count). The minimum absolute atomic E-state index is 1.27. The zero-order valence-corrected chi connectivity index (χ0v) is 17.3. The zero-order valence-electron chi connectivity index (χ0n) is 13.3. The van der Waals surface area contributed by atoms with Crippen molar-refractivity contribution in [3.63, 3.8) is 0 Å². The smallest absolute Gasteiger partial charge is 0.00727 e. The van der Waals surface area contributed by atoms with E-state index >= 15 is 0 Å². The number of hydrogen-bond donors (Lipinski definition) is 0. The monoisotopic (exact) mass is 373 g/mol. The molecule has 0 N–H and O–H groups in total. The predicted molar refractivity (Wildman–Crippen MR) is 111 cm³/mol. The summed E-state index contributed by atoms with van der Waals surface area (Å²) in [7, 11) is 0. The van der Waals surface area contributed by atoms with Crippen LogP contribution >= 0.6 is 58.8 Å². The van der Waals surface area contributed by atoms with Gasteiger partial charge in [0.1, 0.15) is 0 Å². The van der Waals surface area contributed by atoms with E-state index in [1.54, 1.807) is 0 Å². The fourth-order valence-electron chi connectivity index (χ4n) is 1.64. The fraction of sp³-hybridized carbons (Fsp3) is 1.00. The summed E-state index contributed by atoms with van der Waals surface area (Å²) in [5.74, 6) is 9.11. The molecule has 0 fully saturated rings. The van der Waals surface area contributed by atoms with E-state index in [0.29, 0.717) is 0 Å². The molecule has 0 amide bonds. The maximum atomic E-state index is 2.67. The third-order valence-electron chi connectivity index (χ3n) is 2.79. The molecule has 0 spiro atoms. The number of rotatable bonds is 16. The van der Waals surface area contributed by atoms with Crippen molar-refractivity contribution in [1.29, 1.82) is 0 Å². The highest BCUT2D eigenvalue weighted by Gasteiger charge is 2.04. The maximum absolute atomic E-state index is 2.67. The second-order valence-corrected chi connectivity index (χ2v) is 9.80. The Labute approximate surface area is 148 Å².